The SMILES string of the molecule is C#CCOCCOCCOCCOCCOc1ccc(C2CC(c3nnc(C)n3C3CC4CCC(C3)N4CC[C@H](N)c3ccccc3)C2)cc1. The largest absolute Gasteiger partial charge is 0.491 e. The van der Waals surface area contributed by atoms with E-state index < -0.39 is 0 Å². The third-order valence-corrected chi connectivity index (χ3v) is 10.7. The van der Waals surface area contributed by atoms with Crippen molar-refractivity contribution < 1.29 is 23.7 Å². The minimum absolute atomic E-state index is 0.0979. The van der Waals surface area contributed by atoms with Gasteiger partial charge in [-0.25, -0.2) is 0 Å². The molecule has 2 N–H and O–H groups in total. The van der Waals surface area contributed by atoms with Gasteiger partial charge in [-0.05, 0) is 81.0 Å². The minimum atomic E-state index is 0.0979. The average Bonchev–Trinajstić information content (AvgIpc) is 3.61. The summed E-state index contributed by atoms with van der Waals surface area (Å²) in [6.45, 7) is 7.64. The maximum Gasteiger partial charge on any atom is 0.136 e. The van der Waals surface area contributed by atoms with Crippen molar-refractivity contribution >= 4 is 0 Å². The molecule has 0 spiro atoms. The van der Waals surface area contributed by atoms with E-state index in [-0.39, 0.29) is 6.04 Å². The van der Waals surface area contributed by atoms with Gasteiger partial charge in [-0.1, -0.05) is 48.4 Å². The molecule has 1 saturated carbocycles. The van der Waals surface area contributed by atoms with Crippen LogP contribution >= 0.6 is 0 Å². The van der Waals surface area contributed by atoms with Crippen molar-refractivity contribution in [2.75, 3.05) is 66.0 Å². The fourth-order valence-corrected chi connectivity index (χ4v) is 8.04. The fraction of sp³-hybridized carbons (Fsp3) is 0.600. The Balaban J connectivity index is 0.875. The molecule has 10 heteroatoms. The molecule has 1 aliphatic carbocycles. The number of rotatable bonds is 21. The molecule has 6 rings (SSSR count). The Morgan fingerprint density at radius 3 is 2.02 bits per heavy atom. The standard InChI is InChI=1S/C40H55N5O5/c1-3-17-46-18-19-47-20-21-48-22-23-49-24-25-50-38-13-9-31(10-14-38)33-26-34(27-33)40-43-42-30(2)45(40)37-28-35-11-12-36(29-37)44(35)16-15-39(41)32-7-5-4-6-8-32/h1,4-10,13-14,33-37,39H,11-12,15-29,41H2,2H3/t33?,34?,35?,36?,37?,39-/m0/s1. The molecular formula is C40H55N5O5. The summed E-state index contributed by atoms with van der Waals surface area (Å²) in [4.78, 5) is 2.76. The maximum atomic E-state index is 6.58. The van der Waals surface area contributed by atoms with Crippen LogP contribution in [0.15, 0.2) is 54.6 Å². The molecule has 3 heterocycles. The van der Waals surface area contributed by atoms with Crippen LogP contribution < -0.4 is 10.5 Å². The van der Waals surface area contributed by atoms with E-state index >= 15 is 0 Å². The lowest BCUT2D eigenvalue weighted by Gasteiger charge is -2.42. The molecule has 1 aromatic heterocycles. The summed E-state index contributed by atoms with van der Waals surface area (Å²) < 4.78 is 30.1. The Morgan fingerprint density at radius 1 is 0.760 bits per heavy atom. The Labute approximate surface area is 298 Å². The first-order valence-corrected chi connectivity index (χ1v) is 18.6. The highest BCUT2D eigenvalue weighted by atomic mass is 16.6. The highest BCUT2D eigenvalue weighted by Gasteiger charge is 2.43. The van der Waals surface area contributed by atoms with Crippen LogP contribution in [0, 0.1) is 19.3 Å². The lowest BCUT2D eigenvalue weighted by molar-refractivity contribution is -0.00187. The van der Waals surface area contributed by atoms with Gasteiger partial charge in [-0.2, -0.15) is 0 Å². The second kappa shape index (κ2) is 18.8. The highest BCUT2D eigenvalue weighted by Crippen LogP contribution is 2.49. The van der Waals surface area contributed by atoms with E-state index in [2.05, 4.69) is 82.0 Å². The summed E-state index contributed by atoms with van der Waals surface area (Å²) in [6, 6.07) is 20.9. The summed E-state index contributed by atoms with van der Waals surface area (Å²) in [5.41, 5.74) is 9.18. The van der Waals surface area contributed by atoms with Crippen molar-refractivity contribution in [1.82, 2.24) is 19.7 Å². The summed E-state index contributed by atoms with van der Waals surface area (Å²) >= 11 is 0. The van der Waals surface area contributed by atoms with Crippen molar-refractivity contribution in [3.63, 3.8) is 0 Å². The number of ether oxygens (including phenoxy) is 5. The van der Waals surface area contributed by atoms with E-state index in [1.807, 2.05) is 0 Å². The predicted molar refractivity (Wildman–Crippen MR) is 193 cm³/mol. The smallest absolute Gasteiger partial charge is 0.136 e. The van der Waals surface area contributed by atoms with Crippen LogP contribution in [0.25, 0.3) is 0 Å². The lowest BCUT2D eigenvalue weighted by atomic mass is 9.71. The molecule has 2 aliphatic heterocycles. The summed E-state index contributed by atoms with van der Waals surface area (Å²) in [5, 5.41) is 9.35. The number of hydrogen-bond acceptors (Lipinski definition) is 9. The van der Waals surface area contributed by atoms with E-state index in [0.717, 1.165) is 37.4 Å². The molecule has 3 aromatic rings. The first kappa shape index (κ1) is 36.5. The number of piperidine rings is 1. The van der Waals surface area contributed by atoms with Crippen molar-refractivity contribution in [3.05, 3.63) is 77.4 Å². The van der Waals surface area contributed by atoms with Crippen LogP contribution in [-0.2, 0) is 18.9 Å². The van der Waals surface area contributed by atoms with E-state index in [4.69, 9.17) is 40.9 Å². The van der Waals surface area contributed by atoms with Gasteiger partial charge in [0.15, 0.2) is 0 Å². The van der Waals surface area contributed by atoms with Crippen molar-refractivity contribution in [3.8, 4) is 18.1 Å². The van der Waals surface area contributed by atoms with Crippen LogP contribution in [0.2, 0.25) is 0 Å². The molecule has 10 nitrogen and oxygen atoms in total. The van der Waals surface area contributed by atoms with E-state index in [1.165, 1.54) is 42.6 Å². The number of hydrogen-bond donors (Lipinski definition) is 1. The third kappa shape index (κ3) is 9.72. The molecule has 3 fully saturated rings. The lowest BCUT2D eigenvalue weighted by Crippen LogP contribution is -2.45. The molecule has 3 aliphatic rings. The van der Waals surface area contributed by atoms with Crippen LogP contribution in [-0.4, -0.2) is 97.8 Å². The van der Waals surface area contributed by atoms with Gasteiger partial charge in [0, 0.05) is 36.6 Å². The molecular weight excluding hydrogens is 630 g/mol. The van der Waals surface area contributed by atoms with Gasteiger partial charge in [0.25, 0.3) is 0 Å². The Hall–Kier alpha value is -3.30. The number of benzene rings is 2. The Bertz CT molecular complexity index is 1460. The number of nitrogens with two attached hydrogens (primary N) is 1. The molecule has 2 unspecified atom stereocenters. The van der Waals surface area contributed by atoms with Crippen LogP contribution in [0.3, 0.4) is 0 Å². The van der Waals surface area contributed by atoms with Gasteiger partial charge in [0.05, 0.1) is 46.2 Å². The van der Waals surface area contributed by atoms with Crippen LogP contribution in [0.4, 0.5) is 0 Å². The van der Waals surface area contributed by atoms with E-state index in [1.54, 1.807) is 0 Å². The molecule has 2 saturated heterocycles. The Kier molecular flexibility index (Phi) is 13.7. The number of aromatic nitrogens is 3. The molecule has 3 atom stereocenters. The van der Waals surface area contributed by atoms with Gasteiger partial charge in [0.1, 0.15) is 30.6 Å². The summed E-state index contributed by atoms with van der Waals surface area (Å²) in [6.07, 6.45) is 13.3. The van der Waals surface area contributed by atoms with E-state index in [0.29, 0.717) is 89.4 Å². The first-order valence-electron chi connectivity index (χ1n) is 18.6. The third-order valence-electron chi connectivity index (χ3n) is 10.7. The van der Waals surface area contributed by atoms with Crippen molar-refractivity contribution in [1.29, 1.82) is 0 Å². The van der Waals surface area contributed by atoms with Gasteiger partial charge in [-0.3, -0.25) is 4.90 Å². The second-order valence-corrected chi connectivity index (χ2v) is 13.9. The molecule has 2 aromatic carbocycles. The normalized spacial score (nSPS) is 23.7. The monoisotopic (exact) mass is 685 g/mol. The summed E-state index contributed by atoms with van der Waals surface area (Å²) in [7, 11) is 0. The van der Waals surface area contributed by atoms with Crippen LogP contribution in [0.1, 0.15) is 91.6 Å². The van der Waals surface area contributed by atoms with Crippen molar-refractivity contribution in [2.24, 2.45) is 5.73 Å². The number of terminal acetylenes is 1. The summed E-state index contributed by atoms with van der Waals surface area (Å²) in [5.74, 6) is 6.56. The zero-order valence-corrected chi connectivity index (χ0v) is 29.7. The fourth-order valence-electron chi connectivity index (χ4n) is 8.04. The first-order chi connectivity index (χ1) is 24.6. The second-order valence-electron chi connectivity index (χ2n) is 13.9. The number of aryl methyl sites for hydroxylation is 1. The van der Waals surface area contributed by atoms with E-state index in [9.17, 15) is 0 Å². The van der Waals surface area contributed by atoms with Gasteiger partial charge in [-0.15, -0.1) is 16.6 Å². The van der Waals surface area contributed by atoms with Crippen LogP contribution in [0.5, 0.6) is 5.75 Å². The maximum absolute atomic E-state index is 6.58. The topological polar surface area (TPSA) is 106 Å². The molecule has 0 radical (unpaired) electrons. The zero-order chi connectivity index (χ0) is 34.5. The van der Waals surface area contributed by atoms with Gasteiger partial charge in [0.2, 0.25) is 0 Å². The van der Waals surface area contributed by atoms with Gasteiger partial charge >= 0.3 is 0 Å². The quantitative estimate of drug-likeness (QED) is 0.114. The zero-order valence-electron chi connectivity index (χ0n) is 29.7. The highest BCUT2D eigenvalue weighted by molar-refractivity contribution is 5.32. The van der Waals surface area contributed by atoms with Gasteiger partial charge < -0.3 is 34.0 Å². The predicted octanol–water partition coefficient (Wildman–Crippen LogP) is 5.58. The molecule has 0 amide bonds. The number of fused-ring (bicyclic) bond motifs is 2. The van der Waals surface area contributed by atoms with Crippen molar-refractivity contribution in [2.45, 2.75) is 87.9 Å². The number of nitrogens with zero attached hydrogens (tertiary/aromatic N) is 4. The molecule has 270 valence electrons. The Morgan fingerprint density at radius 2 is 1.38 bits per heavy atom. The molecule has 2 bridgehead atoms. The minimum Gasteiger partial charge on any atom is -0.491 e. The molecule has 50 heavy (non-hydrogen) atoms. The average molecular weight is 686 g/mol.